The SMILES string of the molecule is Cc1cccc(-c2nc(CNC3CCCC[C@H]3F)[nH]c2-c2cc3ncnn3cc2-c2ccc(-c3nc(CNCc4ccc5c(c4)OCO5)[nH]c3-c3ccc4ncnn4c3)nc2C)n1. The summed E-state index contributed by atoms with van der Waals surface area (Å²) in [5.74, 6) is 2.93. The van der Waals surface area contributed by atoms with Gasteiger partial charge in [-0.25, -0.2) is 33.4 Å². The average molecular weight is 843 g/mol. The van der Waals surface area contributed by atoms with Gasteiger partial charge in [0.2, 0.25) is 6.79 Å². The van der Waals surface area contributed by atoms with Crippen LogP contribution in [0, 0.1) is 13.8 Å². The number of ether oxygens (including phenoxy) is 2. The lowest BCUT2D eigenvalue weighted by molar-refractivity contribution is 0.174. The average Bonchev–Trinajstić information content (AvgIpc) is 4.16. The second-order valence-corrected chi connectivity index (χ2v) is 16.0. The van der Waals surface area contributed by atoms with Crippen LogP contribution in [0.5, 0.6) is 11.5 Å². The highest BCUT2D eigenvalue weighted by Gasteiger charge is 2.26. The number of hydrogen-bond acceptors (Lipinski definition) is 12. The van der Waals surface area contributed by atoms with E-state index in [-0.39, 0.29) is 12.8 Å². The number of imidazole rings is 2. The maximum atomic E-state index is 14.9. The van der Waals surface area contributed by atoms with Crippen LogP contribution in [-0.2, 0) is 19.6 Å². The molecule has 1 aliphatic carbocycles. The molecule has 0 bridgehead atoms. The number of aromatic nitrogens is 12. The molecule has 63 heavy (non-hydrogen) atoms. The van der Waals surface area contributed by atoms with Gasteiger partial charge in [0.15, 0.2) is 22.8 Å². The number of aryl methyl sites for hydroxylation is 2. The largest absolute Gasteiger partial charge is 0.454 e. The molecule has 16 nitrogen and oxygen atoms in total. The summed E-state index contributed by atoms with van der Waals surface area (Å²) in [6, 6.07) is 21.7. The predicted molar refractivity (Wildman–Crippen MR) is 233 cm³/mol. The lowest BCUT2D eigenvalue weighted by atomic mass is 9.94. The minimum atomic E-state index is -0.878. The van der Waals surface area contributed by atoms with Gasteiger partial charge in [-0.1, -0.05) is 31.0 Å². The standard InChI is InChI=1S/C46H43FN14O2/c1-26-6-5-9-35(54-26)46-44(57-40(59-46)20-49-34-8-4-3-7-33(34)47)31-17-42-51-24-53-61(42)22-32(31)30-12-13-36(55-27(30)2)45-43(29-11-15-41-50-23-52-60(41)21-29)56-39(58-45)19-48-18-28-10-14-37-38(16-28)63-25-62-37/h5-6,9-17,21-24,33-34,48-49H,3-4,7-8,18-20,25H2,1-2H3,(H,56,58)(H,57,59)/t33-,34?/m1/s1. The predicted octanol–water partition coefficient (Wildman–Crippen LogP) is 7.35. The zero-order chi connectivity index (χ0) is 42.4. The van der Waals surface area contributed by atoms with Gasteiger partial charge in [0.25, 0.3) is 0 Å². The Bertz CT molecular complexity index is 3130. The lowest BCUT2D eigenvalue weighted by Gasteiger charge is -2.26. The van der Waals surface area contributed by atoms with Crippen molar-refractivity contribution in [3.8, 4) is 67.9 Å². The Morgan fingerprint density at radius 1 is 0.698 bits per heavy atom. The number of benzene rings is 1. The van der Waals surface area contributed by atoms with Crippen molar-refractivity contribution in [2.75, 3.05) is 6.79 Å². The Labute approximate surface area is 360 Å². The Morgan fingerprint density at radius 3 is 2.33 bits per heavy atom. The third-order valence-electron chi connectivity index (χ3n) is 11.8. The highest BCUT2D eigenvalue weighted by molar-refractivity contribution is 5.90. The first-order valence-corrected chi connectivity index (χ1v) is 21.1. The molecule has 1 fully saturated rings. The highest BCUT2D eigenvalue weighted by Crippen LogP contribution is 2.40. The monoisotopic (exact) mass is 842 g/mol. The van der Waals surface area contributed by atoms with Crippen LogP contribution in [0.4, 0.5) is 4.39 Å². The molecule has 9 aromatic rings. The van der Waals surface area contributed by atoms with E-state index in [0.29, 0.717) is 54.6 Å². The second kappa shape index (κ2) is 16.2. The number of halogens is 1. The molecular weight excluding hydrogens is 800 g/mol. The Morgan fingerprint density at radius 2 is 1.48 bits per heavy atom. The van der Waals surface area contributed by atoms with E-state index < -0.39 is 6.17 Å². The van der Waals surface area contributed by atoms with Gasteiger partial charge in [0.1, 0.15) is 41.9 Å². The quantitative estimate of drug-likeness (QED) is 0.0960. The third-order valence-corrected chi connectivity index (χ3v) is 11.8. The van der Waals surface area contributed by atoms with E-state index in [1.165, 1.54) is 12.7 Å². The minimum absolute atomic E-state index is 0.211. The molecule has 8 aromatic heterocycles. The van der Waals surface area contributed by atoms with Gasteiger partial charge in [-0.2, -0.15) is 10.2 Å². The van der Waals surface area contributed by atoms with Crippen LogP contribution in [0.3, 0.4) is 0 Å². The van der Waals surface area contributed by atoms with Crippen LogP contribution in [0.2, 0.25) is 0 Å². The Hall–Kier alpha value is -7.37. The zero-order valence-electron chi connectivity index (χ0n) is 34.6. The van der Waals surface area contributed by atoms with Crippen molar-refractivity contribution in [2.45, 2.75) is 71.4 Å². The number of nitrogens with one attached hydrogen (secondary N) is 4. The van der Waals surface area contributed by atoms with E-state index in [1.807, 2.05) is 86.9 Å². The number of rotatable bonds is 12. The molecule has 2 aliphatic rings. The van der Waals surface area contributed by atoms with Gasteiger partial charge >= 0.3 is 0 Å². The molecule has 1 aromatic carbocycles. The number of nitrogens with zero attached hydrogens (tertiary/aromatic N) is 10. The Kier molecular flexibility index (Phi) is 9.88. The summed E-state index contributed by atoms with van der Waals surface area (Å²) in [6.45, 7) is 5.65. The summed E-state index contributed by atoms with van der Waals surface area (Å²) < 4.78 is 29.5. The van der Waals surface area contributed by atoms with Gasteiger partial charge in [0.05, 0.1) is 35.9 Å². The maximum absolute atomic E-state index is 14.9. The molecule has 0 spiro atoms. The van der Waals surface area contributed by atoms with E-state index in [1.54, 1.807) is 9.03 Å². The number of aromatic amines is 2. The van der Waals surface area contributed by atoms with Crippen LogP contribution < -0.4 is 20.1 Å². The fourth-order valence-corrected chi connectivity index (χ4v) is 8.61. The summed E-state index contributed by atoms with van der Waals surface area (Å²) in [4.78, 5) is 36.4. The normalized spacial score (nSPS) is 16.1. The zero-order valence-corrected chi connectivity index (χ0v) is 34.6. The van der Waals surface area contributed by atoms with E-state index in [9.17, 15) is 4.39 Å². The number of H-pyrrole nitrogens is 2. The second-order valence-electron chi connectivity index (χ2n) is 16.0. The Balaban J connectivity index is 0.965. The topological polar surface area (TPSA) is 186 Å². The van der Waals surface area contributed by atoms with E-state index in [4.69, 9.17) is 29.4 Å². The van der Waals surface area contributed by atoms with Crippen molar-refractivity contribution >= 4 is 11.3 Å². The maximum Gasteiger partial charge on any atom is 0.231 e. The molecule has 0 saturated heterocycles. The molecule has 17 heteroatoms. The highest BCUT2D eigenvalue weighted by atomic mass is 19.1. The molecular formula is C46H43FN14O2. The van der Waals surface area contributed by atoms with Crippen LogP contribution in [0.1, 0.15) is 54.3 Å². The molecule has 316 valence electrons. The van der Waals surface area contributed by atoms with Crippen molar-refractivity contribution in [3.63, 3.8) is 0 Å². The number of alkyl halides is 1. The van der Waals surface area contributed by atoms with E-state index in [0.717, 1.165) is 98.5 Å². The molecule has 1 saturated carbocycles. The van der Waals surface area contributed by atoms with Crippen molar-refractivity contribution < 1.29 is 13.9 Å². The fourth-order valence-electron chi connectivity index (χ4n) is 8.61. The van der Waals surface area contributed by atoms with Crippen LogP contribution >= 0.6 is 0 Å². The van der Waals surface area contributed by atoms with E-state index in [2.05, 4.69) is 46.8 Å². The number of fused-ring (bicyclic) bond motifs is 3. The molecule has 2 atom stereocenters. The van der Waals surface area contributed by atoms with Gasteiger partial charge in [-0.3, -0.25) is 9.97 Å². The van der Waals surface area contributed by atoms with E-state index >= 15 is 0 Å². The molecule has 4 N–H and O–H groups in total. The van der Waals surface area contributed by atoms with Crippen molar-refractivity contribution in [2.24, 2.45) is 0 Å². The molecule has 1 aliphatic heterocycles. The van der Waals surface area contributed by atoms with Gasteiger partial charge in [-0.15, -0.1) is 0 Å². The van der Waals surface area contributed by atoms with Gasteiger partial charge in [0, 0.05) is 58.6 Å². The minimum Gasteiger partial charge on any atom is -0.454 e. The third kappa shape index (κ3) is 7.54. The summed E-state index contributed by atoms with van der Waals surface area (Å²) in [5.41, 5.74) is 12.0. The van der Waals surface area contributed by atoms with Crippen LogP contribution in [-0.4, -0.2) is 78.1 Å². The molecule has 11 rings (SSSR count). The first-order valence-electron chi connectivity index (χ1n) is 21.1. The van der Waals surface area contributed by atoms with Gasteiger partial charge < -0.3 is 30.1 Å². The molecule has 0 amide bonds. The van der Waals surface area contributed by atoms with Crippen LogP contribution in [0.25, 0.3) is 67.7 Å². The summed E-state index contributed by atoms with van der Waals surface area (Å²) >= 11 is 0. The summed E-state index contributed by atoms with van der Waals surface area (Å²) in [6.07, 6.45) is 9.41. The number of hydrogen-bond donors (Lipinski definition) is 4. The lowest BCUT2D eigenvalue weighted by Crippen LogP contribution is -2.39. The van der Waals surface area contributed by atoms with Crippen molar-refractivity contribution in [3.05, 3.63) is 120 Å². The van der Waals surface area contributed by atoms with Crippen molar-refractivity contribution in [1.29, 1.82) is 0 Å². The first-order chi connectivity index (χ1) is 30.9. The van der Waals surface area contributed by atoms with Gasteiger partial charge in [-0.05, 0) is 80.8 Å². The van der Waals surface area contributed by atoms with Crippen molar-refractivity contribution in [1.82, 2.24) is 69.7 Å². The van der Waals surface area contributed by atoms with Crippen LogP contribution in [0.15, 0.2) is 91.8 Å². The first kappa shape index (κ1) is 38.5. The fraction of sp³-hybridized carbons (Fsp3) is 0.261. The molecule has 0 radical (unpaired) electrons. The molecule has 9 heterocycles. The number of pyridine rings is 4. The summed E-state index contributed by atoms with van der Waals surface area (Å²) in [7, 11) is 0. The molecule has 1 unspecified atom stereocenters. The smallest absolute Gasteiger partial charge is 0.231 e. The summed E-state index contributed by atoms with van der Waals surface area (Å²) in [5, 5.41) is 15.8.